The monoisotopic (exact) mass is 414 g/mol. The first-order valence-electron chi connectivity index (χ1n) is 10.2. The van der Waals surface area contributed by atoms with Crippen molar-refractivity contribution >= 4 is 22.8 Å². The van der Waals surface area contributed by atoms with Crippen molar-refractivity contribution in [2.45, 2.75) is 13.8 Å². The molecule has 1 aliphatic heterocycles. The molecule has 0 N–H and O–H groups in total. The van der Waals surface area contributed by atoms with Crippen molar-refractivity contribution in [2.24, 2.45) is 0 Å². The third kappa shape index (κ3) is 3.70. The lowest BCUT2D eigenvalue weighted by Crippen LogP contribution is -2.49. The SMILES string of the molecule is Cc1cc(C)n(-c2ccc(N3CCN(C(=O)c4cnc5ccccc5n4)CC3)nn2)n1. The standard InChI is InChI=1S/C22H22N8O/c1-15-13-16(2)30(27-15)21-8-7-20(25-26-21)28-9-11-29(12-10-28)22(31)19-14-23-17-5-3-4-6-18(17)24-19/h3-8,13-14H,9-12H2,1-2H3. The summed E-state index contributed by atoms with van der Waals surface area (Å²) in [6, 6.07) is 13.4. The van der Waals surface area contributed by atoms with E-state index in [2.05, 4.69) is 30.2 Å². The highest BCUT2D eigenvalue weighted by Crippen LogP contribution is 2.17. The van der Waals surface area contributed by atoms with E-state index in [1.165, 1.54) is 0 Å². The van der Waals surface area contributed by atoms with E-state index < -0.39 is 0 Å². The predicted molar refractivity (Wildman–Crippen MR) is 116 cm³/mol. The van der Waals surface area contributed by atoms with Crippen LogP contribution in [0, 0.1) is 13.8 Å². The number of aryl methyl sites for hydroxylation is 2. The lowest BCUT2D eigenvalue weighted by atomic mass is 10.2. The Kier molecular flexibility index (Phi) is 4.78. The molecule has 1 saturated heterocycles. The molecule has 1 amide bonds. The van der Waals surface area contributed by atoms with Crippen LogP contribution in [-0.2, 0) is 0 Å². The number of aromatic nitrogens is 6. The van der Waals surface area contributed by atoms with Gasteiger partial charge in [0.15, 0.2) is 11.6 Å². The van der Waals surface area contributed by atoms with Gasteiger partial charge in [0.2, 0.25) is 0 Å². The Labute approximate surface area is 179 Å². The van der Waals surface area contributed by atoms with Gasteiger partial charge in [-0.1, -0.05) is 12.1 Å². The van der Waals surface area contributed by atoms with Gasteiger partial charge in [-0.3, -0.25) is 9.78 Å². The lowest BCUT2D eigenvalue weighted by Gasteiger charge is -2.35. The van der Waals surface area contributed by atoms with Crippen molar-refractivity contribution in [2.75, 3.05) is 31.1 Å². The summed E-state index contributed by atoms with van der Waals surface area (Å²) >= 11 is 0. The van der Waals surface area contributed by atoms with E-state index in [-0.39, 0.29) is 5.91 Å². The van der Waals surface area contributed by atoms with Gasteiger partial charge in [0.25, 0.3) is 5.91 Å². The molecule has 156 valence electrons. The maximum absolute atomic E-state index is 12.9. The summed E-state index contributed by atoms with van der Waals surface area (Å²) in [7, 11) is 0. The van der Waals surface area contributed by atoms with E-state index in [0.717, 1.165) is 28.2 Å². The summed E-state index contributed by atoms with van der Waals surface area (Å²) in [6.07, 6.45) is 1.56. The second kappa shape index (κ2) is 7.75. The van der Waals surface area contributed by atoms with Crippen LogP contribution in [0.1, 0.15) is 21.9 Å². The zero-order valence-corrected chi connectivity index (χ0v) is 17.4. The number of rotatable bonds is 3. The van der Waals surface area contributed by atoms with Gasteiger partial charge < -0.3 is 9.80 Å². The largest absolute Gasteiger partial charge is 0.352 e. The van der Waals surface area contributed by atoms with E-state index >= 15 is 0 Å². The second-order valence-electron chi connectivity index (χ2n) is 7.61. The molecular weight excluding hydrogens is 392 g/mol. The van der Waals surface area contributed by atoms with Crippen molar-refractivity contribution < 1.29 is 4.79 Å². The Balaban J connectivity index is 1.25. The van der Waals surface area contributed by atoms with Crippen LogP contribution < -0.4 is 4.90 Å². The Morgan fingerprint density at radius 2 is 1.61 bits per heavy atom. The molecule has 0 spiro atoms. The molecule has 9 heteroatoms. The van der Waals surface area contributed by atoms with Gasteiger partial charge in [0, 0.05) is 31.9 Å². The highest BCUT2D eigenvalue weighted by Gasteiger charge is 2.24. The normalized spacial score (nSPS) is 14.3. The van der Waals surface area contributed by atoms with Gasteiger partial charge in [-0.2, -0.15) is 5.10 Å². The molecule has 5 rings (SSSR count). The minimum atomic E-state index is -0.0936. The van der Waals surface area contributed by atoms with Crippen molar-refractivity contribution in [1.29, 1.82) is 0 Å². The number of anilines is 1. The third-order valence-electron chi connectivity index (χ3n) is 5.42. The Morgan fingerprint density at radius 1 is 0.903 bits per heavy atom. The fraction of sp³-hybridized carbons (Fsp3) is 0.273. The minimum absolute atomic E-state index is 0.0936. The predicted octanol–water partition coefficient (Wildman–Crippen LogP) is 2.18. The maximum atomic E-state index is 12.9. The first-order chi connectivity index (χ1) is 15.1. The van der Waals surface area contributed by atoms with Crippen LogP contribution >= 0.6 is 0 Å². The Morgan fingerprint density at radius 3 is 2.29 bits per heavy atom. The minimum Gasteiger partial charge on any atom is -0.352 e. The first-order valence-corrected chi connectivity index (χ1v) is 10.2. The number of carbonyl (C=O) groups excluding carboxylic acids is 1. The fourth-order valence-corrected chi connectivity index (χ4v) is 3.82. The van der Waals surface area contributed by atoms with Gasteiger partial charge in [0.05, 0.1) is 22.9 Å². The van der Waals surface area contributed by atoms with Gasteiger partial charge in [0.1, 0.15) is 5.69 Å². The van der Waals surface area contributed by atoms with Gasteiger partial charge in [-0.15, -0.1) is 10.2 Å². The summed E-state index contributed by atoms with van der Waals surface area (Å²) in [4.78, 5) is 25.7. The molecule has 0 aliphatic carbocycles. The summed E-state index contributed by atoms with van der Waals surface area (Å²) in [6.45, 7) is 6.49. The summed E-state index contributed by atoms with van der Waals surface area (Å²) in [5.74, 6) is 1.39. The van der Waals surface area contributed by atoms with E-state index in [1.54, 1.807) is 10.9 Å². The van der Waals surface area contributed by atoms with Gasteiger partial charge in [-0.25, -0.2) is 9.67 Å². The molecule has 0 unspecified atom stereocenters. The number of piperazine rings is 1. The second-order valence-corrected chi connectivity index (χ2v) is 7.61. The van der Waals surface area contributed by atoms with E-state index in [1.807, 2.05) is 61.2 Å². The molecule has 1 fully saturated rings. The average molecular weight is 414 g/mol. The molecule has 0 bridgehead atoms. The molecule has 0 atom stereocenters. The number of fused-ring (bicyclic) bond motifs is 1. The van der Waals surface area contributed by atoms with Crippen LogP contribution in [0.3, 0.4) is 0 Å². The molecule has 1 aliphatic rings. The molecule has 9 nitrogen and oxygen atoms in total. The molecule has 4 aromatic rings. The zero-order chi connectivity index (χ0) is 21.4. The van der Waals surface area contributed by atoms with E-state index in [0.29, 0.717) is 37.7 Å². The highest BCUT2D eigenvalue weighted by atomic mass is 16.2. The molecule has 1 aromatic carbocycles. The number of para-hydroxylation sites is 2. The highest BCUT2D eigenvalue weighted by molar-refractivity contribution is 5.94. The van der Waals surface area contributed by atoms with E-state index in [4.69, 9.17) is 0 Å². The first kappa shape index (κ1) is 19.1. The number of benzene rings is 1. The lowest BCUT2D eigenvalue weighted by molar-refractivity contribution is 0.0740. The number of amides is 1. The van der Waals surface area contributed by atoms with Crippen LogP contribution in [0.2, 0.25) is 0 Å². The summed E-state index contributed by atoms with van der Waals surface area (Å²) in [5, 5.41) is 13.2. The van der Waals surface area contributed by atoms with Crippen molar-refractivity contribution in [1.82, 2.24) is 34.8 Å². The zero-order valence-electron chi connectivity index (χ0n) is 17.4. The quantitative estimate of drug-likeness (QED) is 0.507. The molecule has 0 radical (unpaired) electrons. The smallest absolute Gasteiger partial charge is 0.274 e. The fourth-order valence-electron chi connectivity index (χ4n) is 3.82. The average Bonchev–Trinajstić information content (AvgIpc) is 3.16. The van der Waals surface area contributed by atoms with Crippen LogP contribution in [-0.4, -0.2) is 66.9 Å². The number of hydrogen-bond donors (Lipinski definition) is 0. The summed E-state index contributed by atoms with van der Waals surface area (Å²) in [5.41, 5.74) is 3.85. The van der Waals surface area contributed by atoms with Crippen LogP contribution in [0.15, 0.2) is 48.7 Å². The van der Waals surface area contributed by atoms with E-state index in [9.17, 15) is 4.79 Å². The molecular formula is C22H22N8O. The van der Waals surface area contributed by atoms with Gasteiger partial charge >= 0.3 is 0 Å². The van der Waals surface area contributed by atoms with Crippen LogP contribution in [0.25, 0.3) is 16.9 Å². The molecule has 31 heavy (non-hydrogen) atoms. The van der Waals surface area contributed by atoms with Crippen molar-refractivity contribution in [3.05, 3.63) is 65.7 Å². The third-order valence-corrected chi connectivity index (χ3v) is 5.42. The maximum Gasteiger partial charge on any atom is 0.274 e. The van der Waals surface area contributed by atoms with Gasteiger partial charge in [-0.05, 0) is 44.2 Å². The molecule has 0 saturated carbocycles. The molecule has 3 aromatic heterocycles. The molecule has 4 heterocycles. The topological polar surface area (TPSA) is 92.9 Å². The van der Waals surface area contributed by atoms with Crippen molar-refractivity contribution in [3.63, 3.8) is 0 Å². The Hall–Kier alpha value is -3.88. The number of hydrogen-bond acceptors (Lipinski definition) is 7. The van der Waals surface area contributed by atoms with Crippen LogP contribution in [0.5, 0.6) is 0 Å². The number of nitrogens with zero attached hydrogens (tertiary/aromatic N) is 8. The van der Waals surface area contributed by atoms with Crippen LogP contribution in [0.4, 0.5) is 5.82 Å². The number of carbonyl (C=O) groups is 1. The summed E-state index contributed by atoms with van der Waals surface area (Å²) < 4.78 is 1.79. The Bertz CT molecular complexity index is 1240. The van der Waals surface area contributed by atoms with Crippen molar-refractivity contribution in [3.8, 4) is 5.82 Å².